The standard InChI is InChI=1S/C13H16BrN5/c1-3-16-11-7-12(19-13(15)18-11)17-10-5-8(2)4-9(14)6-10/h4-7H,3H2,1-2H3,(H4,15,16,17,18,19). The van der Waals surface area contributed by atoms with Gasteiger partial charge in [0, 0.05) is 22.8 Å². The normalized spacial score (nSPS) is 10.3. The topological polar surface area (TPSA) is 75.9 Å². The highest BCUT2D eigenvalue weighted by Gasteiger charge is 2.03. The molecule has 0 aliphatic rings. The lowest BCUT2D eigenvalue weighted by Crippen LogP contribution is -2.05. The van der Waals surface area contributed by atoms with Crippen molar-refractivity contribution in [2.24, 2.45) is 0 Å². The predicted molar refractivity (Wildman–Crippen MR) is 82.8 cm³/mol. The number of rotatable bonds is 4. The number of halogens is 1. The van der Waals surface area contributed by atoms with Crippen molar-refractivity contribution >= 4 is 39.2 Å². The van der Waals surface area contributed by atoms with Gasteiger partial charge in [-0.3, -0.25) is 0 Å². The summed E-state index contributed by atoms with van der Waals surface area (Å²) in [4.78, 5) is 8.28. The molecule has 2 rings (SSSR count). The van der Waals surface area contributed by atoms with Crippen molar-refractivity contribution in [3.63, 3.8) is 0 Å². The number of anilines is 4. The number of aryl methyl sites for hydroxylation is 1. The zero-order chi connectivity index (χ0) is 13.8. The summed E-state index contributed by atoms with van der Waals surface area (Å²) >= 11 is 3.47. The smallest absolute Gasteiger partial charge is 0.223 e. The average molecular weight is 322 g/mol. The summed E-state index contributed by atoms with van der Waals surface area (Å²) in [6, 6.07) is 7.90. The van der Waals surface area contributed by atoms with Crippen molar-refractivity contribution < 1.29 is 0 Å². The Morgan fingerprint density at radius 3 is 2.58 bits per heavy atom. The van der Waals surface area contributed by atoms with E-state index in [4.69, 9.17) is 5.73 Å². The highest BCUT2D eigenvalue weighted by molar-refractivity contribution is 9.10. The van der Waals surface area contributed by atoms with E-state index in [1.807, 2.05) is 38.1 Å². The SMILES string of the molecule is CCNc1cc(Nc2cc(C)cc(Br)c2)nc(N)n1. The van der Waals surface area contributed by atoms with E-state index in [2.05, 4.69) is 36.5 Å². The number of hydrogen-bond donors (Lipinski definition) is 3. The van der Waals surface area contributed by atoms with Crippen molar-refractivity contribution in [1.29, 1.82) is 0 Å². The lowest BCUT2D eigenvalue weighted by atomic mass is 10.2. The molecule has 4 N–H and O–H groups in total. The number of hydrogen-bond acceptors (Lipinski definition) is 5. The van der Waals surface area contributed by atoms with Gasteiger partial charge in [0.15, 0.2) is 0 Å². The third-order valence-electron chi connectivity index (χ3n) is 2.42. The lowest BCUT2D eigenvalue weighted by Gasteiger charge is -2.10. The maximum absolute atomic E-state index is 5.69. The van der Waals surface area contributed by atoms with Crippen LogP contribution < -0.4 is 16.4 Å². The molecule has 100 valence electrons. The van der Waals surface area contributed by atoms with Crippen molar-refractivity contribution in [1.82, 2.24) is 9.97 Å². The molecule has 1 aromatic carbocycles. The fourth-order valence-corrected chi connectivity index (χ4v) is 2.37. The zero-order valence-corrected chi connectivity index (χ0v) is 12.5. The molecule has 0 saturated heterocycles. The molecule has 0 amide bonds. The number of benzene rings is 1. The Labute approximate surface area is 120 Å². The maximum atomic E-state index is 5.69. The Morgan fingerprint density at radius 2 is 1.89 bits per heavy atom. The van der Waals surface area contributed by atoms with Crippen molar-refractivity contribution in [3.05, 3.63) is 34.3 Å². The Bertz CT molecular complexity index is 565. The van der Waals surface area contributed by atoms with E-state index in [1.54, 1.807) is 0 Å². The summed E-state index contributed by atoms with van der Waals surface area (Å²) in [6.45, 7) is 4.82. The van der Waals surface area contributed by atoms with Crippen LogP contribution in [0.4, 0.5) is 23.3 Å². The molecule has 0 saturated carbocycles. The van der Waals surface area contributed by atoms with Crippen LogP contribution in [0.25, 0.3) is 0 Å². The number of nitrogens with zero attached hydrogens (tertiary/aromatic N) is 2. The molecule has 0 atom stereocenters. The minimum atomic E-state index is 0.243. The minimum Gasteiger partial charge on any atom is -0.370 e. The second-order valence-corrected chi connectivity index (χ2v) is 5.08. The first-order valence-corrected chi connectivity index (χ1v) is 6.79. The Kier molecular flexibility index (Phi) is 4.21. The second-order valence-electron chi connectivity index (χ2n) is 4.17. The molecule has 1 heterocycles. The fraction of sp³-hybridized carbons (Fsp3) is 0.231. The van der Waals surface area contributed by atoms with Crippen molar-refractivity contribution in [2.75, 3.05) is 22.9 Å². The highest BCUT2D eigenvalue weighted by Crippen LogP contribution is 2.23. The molecule has 6 heteroatoms. The molecule has 0 spiro atoms. The second kappa shape index (κ2) is 5.88. The van der Waals surface area contributed by atoms with Crippen LogP contribution in [-0.4, -0.2) is 16.5 Å². The van der Waals surface area contributed by atoms with Gasteiger partial charge >= 0.3 is 0 Å². The molecule has 0 aliphatic carbocycles. The van der Waals surface area contributed by atoms with E-state index in [0.717, 1.165) is 22.3 Å². The Morgan fingerprint density at radius 1 is 1.16 bits per heavy atom. The predicted octanol–water partition coefficient (Wildman–Crippen LogP) is 3.31. The van der Waals surface area contributed by atoms with Crippen LogP contribution in [0.3, 0.4) is 0 Å². The van der Waals surface area contributed by atoms with Crippen LogP contribution in [0.1, 0.15) is 12.5 Å². The van der Waals surface area contributed by atoms with Crippen LogP contribution in [0.2, 0.25) is 0 Å². The van der Waals surface area contributed by atoms with Gasteiger partial charge in [-0.25, -0.2) is 0 Å². The summed E-state index contributed by atoms with van der Waals surface area (Å²) in [5.41, 5.74) is 7.80. The first-order chi connectivity index (χ1) is 9.06. The van der Waals surface area contributed by atoms with Crippen LogP contribution in [0.5, 0.6) is 0 Å². The molecular weight excluding hydrogens is 306 g/mol. The summed E-state index contributed by atoms with van der Waals surface area (Å²) in [7, 11) is 0. The molecule has 1 aromatic heterocycles. The number of nitrogen functional groups attached to an aromatic ring is 1. The lowest BCUT2D eigenvalue weighted by molar-refractivity contribution is 1.12. The van der Waals surface area contributed by atoms with E-state index in [9.17, 15) is 0 Å². The molecule has 0 radical (unpaired) electrons. The van der Waals surface area contributed by atoms with E-state index < -0.39 is 0 Å². The van der Waals surface area contributed by atoms with E-state index in [-0.39, 0.29) is 5.95 Å². The molecule has 0 aliphatic heterocycles. The first kappa shape index (κ1) is 13.6. The number of nitrogens with one attached hydrogen (secondary N) is 2. The molecule has 5 nitrogen and oxygen atoms in total. The van der Waals surface area contributed by atoms with Crippen molar-refractivity contribution in [2.45, 2.75) is 13.8 Å². The van der Waals surface area contributed by atoms with Gasteiger partial charge in [-0.1, -0.05) is 15.9 Å². The van der Waals surface area contributed by atoms with Gasteiger partial charge < -0.3 is 16.4 Å². The summed E-state index contributed by atoms with van der Waals surface area (Å²) in [6.07, 6.45) is 0. The van der Waals surface area contributed by atoms with Crippen LogP contribution in [-0.2, 0) is 0 Å². The largest absolute Gasteiger partial charge is 0.370 e. The summed E-state index contributed by atoms with van der Waals surface area (Å²) in [5, 5.41) is 6.34. The van der Waals surface area contributed by atoms with Crippen molar-refractivity contribution in [3.8, 4) is 0 Å². The molecule has 2 aromatic rings. The van der Waals surface area contributed by atoms with Gasteiger partial charge in [0.2, 0.25) is 5.95 Å². The van der Waals surface area contributed by atoms with Gasteiger partial charge in [-0.15, -0.1) is 0 Å². The molecule has 0 unspecified atom stereocenters. The number of nitrogens with two attached hydrogens (primary N) is 1. The highest BCUT2D eigenvalue weighted by atomic mass is 79.9. The minimum absolute atomic E-state index is 0.243. The van der Waals surface area contributed by atoms with E-state index in [1.165, 1.54) is 0 Å². The third-order valence-corrected chi connectivity index (χ3v) is 2.87. The van der Waals surface area contributed by atoms with Crippen LogP contribution in [0, 0.1) is 6.92 Å². The van der Waals surface area contributed by atoms with Crippen LogP contribution in [0.15, 0.2) is 28.7 Å². The van der Waals surface area contributed by atoms with Gasteiger partial charge in [0.25, 0.3) is 0 Å². The summed E-state index contributed by atoms with van der Waals surface area (Å²) in [5.74, 6) is 1.62. The van der Waals surface area contributed by atoms with Gasteiger partial charge in [0.05, 0.1) is 0 Å². The fourth-order valence-electron chi connectivity index (χ4n) is 1.76. The molecular formula is C13H16BrN5. The first-order valence-electron chi connectivity index (χ1n) is 5.99. The van der Waals surface area contributed by atoms with E-state index >= 15 is 0 Å². The molecule has 0 bridgehead atoms. The molecule has 0 fully saturated rings. The monoisotopic (exact) mass is 321 g/mol. The quantitative estimate of drug-likeness (QED) is 0.805. The van der Waals surface area contributed by atoms with Gasteiger partial charge in [0.1, 0.15) is 11.6 Å². The number of aromatic nitrogens is 2. The average Bonchev–Trinajstić information content (AvgIpc) is 2.26. The van der Waals surface area contributed by atoms with Gasteiger partial charge in [-0.2, -0.15) is 9.97 Å². The third kappa shape index (κ3) is 3.82. The Balaban J connectivity index is 2.27. The van der Waals surface area contributed by atoms with Gasteiger partial charge in [-0.05, 0) is 37.6 Å². The molecule has 19 heavy (non-hydrogen) atoms. The maximum Gasteiger partial charge on any atom is 0.223 e. The Hall–Kier alpha value is -1.82. The summed E-state index contributed by atoms with van der Waals surface area (Å²) < 4.78 is 1.02. The van der Waals surface area contributed by atoms with E-state index in [0.29, 0.717) is 11.6 Å². The zero-order valence-electron chi connectivity index (χ0n) is 10.9. The van der Waals surface area contributed by atoms with Crippen LogP contribution >= 0.6 is 15.9 Å².